The molecule has 0 N–H and O–H groups in total. The minimum Gasteiger partial charge on any atom is -0.491 e. The molecule has 3 rings (SSSR count). The van der Waals surface area contributed by atoms with Crippen molar-refractivity contribution < 1.29 is 9.47 Å². The van der Waals surface area contributed by atoms with E-state index in [-0.39, 0.29) is 0 Å². The molecule has 3 aromatic rings. The van der Waals surface area contributed by atoms with Gasteiger partial charge >= 0.3 is 0 Å². The fourth-order valence-electron chi connectivity index (χ4n) is 2.59. The van der Waals surface area contributed by atoms with E-state index in [9.17, 15) is 0 Å². The van der Waals surface area contributed by atoms with Gasteiger partial charge in [-0.15, -0.1) is 0 Å². The third kappa shape index (κ3) is 4.03. The summed E-state index contributed by atoms with van der Waals surface area (Å²) in [7, 11) is 1.67. The van der Waals surface area contributed by atoms with Crippen molar-refractivity contribution in [2.75, 3.05) is 20.3 Å². The van der Waals surface area contributed by atoms with Crippen molar-refractivity contribution in [1.29, 1.82) is 0 Å². The number of hydrogen-bond donors (Lipinski definition) is 0. The van der Waals surface area contributed by atoms with Gasteiger partial charge in [-0.25, -0.2) is 0 Å². The number of rotatable bonds is 6. The zero-order valence-electron chi connectivity index (χ0n) is 14.2. The lowest BCUT2D eigenvalue weighted by Crippen LogP contribution is -2.03. The Hall–Kier alpha value is -2.58. The summed E-state index contributed by atoms with van der Waals surface area (Å²) in [4.78, 5) is 0. The topological polar surface area (TPSA) is 18.5 Å². The van der Waals surface area contributed by atoms with Crippen molar-refractivity contribution in [3.63, 3.8) is 0 Å². The Balaban J connectivity index is 1.72. The molecule has 0 heterocycles. The molecule has 2 nitrogen and oxygen atoms in total. The standard InChI is InChI=1S/C22H22O2/c1-17-3-5-18(6-4-17)19-7-9-20(10-8-19)21-11-13-22(14-12-21)24-16-15-23-2/h3-14H,15-16H2,1-2H3. The van der Waals surface area contributed by atoms with Crippen molar-refractivity contribution in [2.24, 2.45) is 0 Å². The van der Waals surface area contributed by atoms with Crippen LogP contribution in [0.25, 0.3) is 22.3 Å². The second kappa shape index (κ2) is 7.80. The molecule has 0 radical (unpaired) electrons. The third-order valence-electron chi connectivity index (χ3n) is 4.01. The third-order valence-corrected chi connectivity index (χ3v) is 4.01. The average Bonchev–Trinajstić information content (AvgIpc) is 2.63. The highest BCUT2D eigenvalue weighted by atomic mass is 16.5. The highest BCUT2D eigenvalue weighted by Gasteiger charge is 2.01. The molecule has 2 heteroatoms. The van der Waals surface area contributed by atoms with E-state index < -0.39 is 0 Å². The van der Waals surface area contributed by atoms with E-state index in [1.54, 1.807) is 7.11 Å². The quantitative estimate of drug-likeness (QED) is 0.570. The van der Waals surface area contributed by atoms with Crippen LogP contribution in [0.15, 0.2) is 72.8 Å². The van der Waals surface area contributed by atoms with Crippen LogP contribution >= 0.6 is 0 Å². The first kappa shape index (κ1) is 16.3. The lowest BCUT2D eigenvalue weighted by molar-refractivity contribution is 0.146. The van der Waals surface area contributed by atoms with E-state index >= 15 is 0 Å². The molecule has 0 bridgehead atoms. The van der Waals surface area contributed by atoms with Gasteiger partial charge in [0.2, 0.25) is 0 Å². The normalized spacial score (nSPS) is 10.6. The van der Waals surface area contributed by atoms with Crippen LogP contribution in [-0.2, 0) is 4.74 Å². The van der Waals surface area contributed by atoms with Gasteiger partial charge in [0.25, 0.3) is 0 Å². The van der Waals surface area contributed by atoms with Crippen LogP contribution in [0.2, 0.25) is 0 Å². The Morgan fingerprint density at radius 2 is 1.00 bits per heavy atom. The maximum absolute atomic E-state index is 5.60. The molecule has 3 aromatic carbocycles. The van der Waals surface area contributed by atoms with Crippen molar-refractivity contribution in [3.8, 4) is 28.0 Å². The van der Waals surface area contributed by atoms with Crippen molar-refractivity contribution in [1.82, 2.24) is 0 Å². The van der Waals surface area contributed by atoms with Crippen LogP contribution in [0.1, 0.15) is 5.56 Å². The molecule has 0 aliphatic carbocycles. The summed E-state index contributed by atoms with van der Waals surface area (Å²) in [5.41, 5.74) is 6.15. The van der Waals surface area contributed by atoms with Gasteiger partial charge in [-0.1, -0.05) is 66.2 Å². The van der Waals surface area contributed by atoms with Gasteiger partial charge in [-0.2, -0.15) is 0 Å². The van der Waals surface area contributed by atoms with Crippen LogP contribution in [0.3, 0.4) is 0 Å². The molecule has 122 valence electrons. The second-order valence-corrected chi connectivity index (χ2v) is 5.81. The van der Waals surface area contributed by atoms with Crippen molar-refractivity contribution in [2.45, 2.75) is 6.92 Å². The fraction of sp³-hybridized carbons (Fsp3) is 0.182. The maximum atomic E-state index is 5.60. The summed E-state index contributed by atoms with van der Waals surface area (Å²) in [6.45, 7) is 3.28. The minimum atomic E-state index is 0.571. The molecular formula is C22H22O2. The van der Waals surface area contributed by atoms with Gasteiger partial charge in [0.1, 0.15) is 12.4 Å². The molecule has 0 spiro atoms. The van der Waals surface area contributed by atoms with Gasteiger partial charge in [0.15, 0.2) is 0 Å². The van der Waals surface area contributed by atoms with E-state index in [1.165, 1.54) is 27.8 Å². The summed E-state index contributed by atoms with van der Waals surface area (Å²) in [6.07, 6.45) is 0. The molecule has 0 fully saturated rings. The fourth-order valence-corrected chi connectivity index (χ4v) is 2.59. The predicted octanol–water partition coefficient (Wildman–Crippen LogP) is 5.35. The van der Waals surface area contributed by atoms with Crippen LogP contribution in [0, 0.1) is 6.92 Å². The monoisotopic (exact) mass is 318 g/mol. The average molecular weight is 318 g/mol. The van der Waals surface area contributed by atoms with Crippen LogP contribution in [-0.4, -0.2) is 20.3 Å². The molecule has 0 aliphatic heterocycles. The number of benzene rings is 3. The lowest BCUT2D eigenvalue weighted by atomic mass is 10.00. The van der Waals surface area contributed by atoms with E-state index in [0.717, 1.165) is 5.75 Å². The molecule has 24 heavy (non-hydrogen) atoms. The molecule has 0 unspecified atom stereocenters. The smallest absolute Gasteiger partial charge is 0.119 e. The summed E-state index contributed by atoms with van der Waals surface area (Å²) >= 11 is 0. The number of ether oxygens (including phenoxy) is 2. The first-order valence-corrected chi connectivity index (χ1v) is 8.15. The summed E-state index contributed by atoms with van der Waals surface area (Å²) in [6, 6.07) is 25.5. The Bertz CT molecular complexity index is 757. The SMILES string of the molecule is COCCOc1ccc(-c2ccc(-c3ccc(C)cc3)cc2)cc1. The highest BCUT2D eigenvalue weighted by molar-refractivity contribution is 5.70. The maximum Gasteiger partial charge on any atom is 0.119 e. The molecule has 0 amide bonds. The zero-order chi connectivity index (χ0) is 16.8. The zero-order valence-corrected chi connectivity index (χ0v) is 14.2. The van der Waals surface area contributed by atoms with E-state index in [4.69, 9.17) is 9.47 Å². The Labute approximate surface area is 143 Å². The molecule has 0 saturated carbocycles. The van der Waals surface area contributed by atoms with Gasteiger partial charge in [0.05, 0.1) is 6.61 Å². The van der Waals surface area contributed by atoms with Gasteiger partial charge in [0, 0.05) is 7.11 Å². The van der Waals surface area contributed by atoms with Gasteiger partial charge in [-0.05, 0) is 41.3 Å². The molecular weight excluding hydrogens is 296 g/mol. The molecule has 0 atom stereocenters. The number of hydrogen-bond acceptors (Lipinski definition) is 2. The summed E-state index contributed by atoms with van der Waals surface area (Å²) in [5.74, 6) is 0.868. The van der Waals surface area contributed by atoms with Gasteiger partial charge in [-0.3, -0.25) is 0 Å². The highest BCUT2D eigenvalue weighted by Crippen LogP contribution is 2.26. The number of aryl methyl sites for hydroxylation is 1. The van der Waals surface area contributed by atoms with Crippen LogP contribution < -0.4 is 4.74 Å². The molecule has 0 aromatic heterocycles. The predicted molar refractivity (Wildman–Crippen MR) is 99.4 cm³/mol. The first-order valence-electron chi connectivity index (χ1n) is 8.15. The summed E-state index contributed by atoms with van der Waals surface area (Å²) in [5, 5.41) is 0. The summed E-state index contributed by atoms with van der Waals surface area (Å²) < 4.78 is 10.6. The Morgan fingerprint density at radius 1 is 0.583 bits per heavy atom. The van der Waals surface area contributed by atoms with Crippen LogP contribution in [0.4, 0.5) is 0 Å². The Morgan fingerprint density at radius 3 is 1.46 bits per heavy atom. The Kier molecular flexibility index (Phi) is 5.29. The first-order chi connectivity index (χ1) is 11.8. The van der Waals surface area contributed by atoms with Crippen LogP contribution in [0.5, 0.6) is 5.75 Å². The molecule has 0 aliphatic rings. The second-order valence-electron chi connectivity index (χ2n) is 5.81. The minimum absolute atomic E-state index is 0.571. The largest absolute Gasteiger partial charge is 0.491 e. The van der Waals surface area contributed by atoms with E-state index in [0.29, 0.717) is 13.2 Å². The van der Waals surface area contributed by atoms with Crippen molar-refractivity contribution >= 4 is 0 Å². The van der Waals surface area contributed by atoms with E-state index in [1.807, 2.05) is 12.1 Å². The molecule has 0 saturated heterocycles. The van der Waals surface area contributed by atoms with Crippen molar-refractivity contribution in [3.05, 3.63) is 78.4 Å². The lowest BCUT2D eigenvalue weighted by Gasteiger charge is -2.08. The van der Waals surface area contributed by atoms with Gasteiger partial charge < -0.3 is 9.47 Å². The number of methoxy groups -OCH3 is 1. The van der Waals surface area contributed by atoms with E-state index in [2.05, 4.69) is 67.6 Å².